The molecule has 7 heteroatoms. The van der Waals surface area contributed by atoms with E-state index in [1.165, 1.54) is 18.4 Å². The first kappa shape index (κ1) is 21.9. The molecule has 5 aromatic rings. The van der Waals surface area contributed by atoms with Crippen LogP contribution in [-0.4, -0.2) is 4.92 Å². The Bertz CT molecular complexity index is 1540. The SMILES string of the molecule is O=c1c(Oc2ccc(-c3ccccc3)cc2)coc2cc(OCc3ccc([N+](=O)[O-])cc3)ccc12. The van der Waals surface area contributed by atoms with E-state index in [2.05, 4.69) is 0 Å². The smallest absolute Gasteiger partial charge is 0.269 e. The number of rotatable bonds is 7. The quantitative estimate of drug-likeness (QED) is 0.195. The van der Waals surface area contributed by atoms with Crippen molar-refractivity contribution in [2.75, 3.05) is 0 Å². The second-order valence-electron chi connectivity index (χ2n) is 7.79. The topological polar surface area (TPSA) is 91.8 Å². The van der Waals surface area contributed by atoms with Gasteiger partial charge in [0, 0.05) is 18.2 Å². The first-order valence-electron chi connectivity index (χ1n) is 10.8. The van der Waals surface area contributed by atoms with Crippen molar-refractivity contribution in [1.82, 2.24) is 0 Å². The van der Waals surface area contributed by atoms with Gasteiger partial charge in [0.05, 0.1) is 10.3 Å². The van der Waals surface area contributed by atoms with Crippen LogP contribution in [0.5, 0.6) is 17.2 Å². The van der Waals surface area contributed by atoms with Gasteiger partial charge < -0.3 is 13.9 Å². The average molecular weight is 465 g/mol. The Morgan fingerprint density at radius 1 is 0.800 bits per heavy atom. The Hall–Kier alpha value is -4.91. The molecular weight excluding hydrogens is 446 g/mol. The summed E-state index contributed by atoms with van der Waals surface area (Å²) in [6, 6.07) is 28.5. The summed E-state index contributed by atoms with van der Waals surface area (Å²) in [4.78, 5) is 23.2. The Kier molecular flexibility index (Phi) is 5.96. The van der Waals surface area contributed by atoms with E-state index in [0.29, 0.717) is 22.5 Å². The molecule has 0 aliphatic heterocycles. The Balaban J connectivity index is 1.30. The molecule has 0 fully saturated rings. The monoisotopic (exact) mass is 465 g/mol. The molecule has 0 aliphatic carbocycles. The minimum Gasteiger partial charge on any atom is -0.489 e. The predicted octanol–water partition coefficient (Wildman–Crippen LogP) is 6.74. The average Bonchev–Trinajstić information content (AvgIpc) is 2.90. The largest absolute Gasteiger partial charge is 0.489 e. The van der Waals surface area contributed by atoms with Crippen LogP contribution in [-0.2, 0) is 6.61 Å². The van der Waals surface area contributed by atoms with Crippen LogP contribution < -0.4 is 14.9 Å². The van der Waals surface area contributed by atoms with Gasteiger partial charge >= 0.3 is 0 Å². The van der Waals surface area contributed by atoms with Gasteiger partial charge in [-0.2, -0.15) is 0 Å². The summed E-state index contributed by atoms with van der Waals surface area (Å²) < 4.78 is 17.2. The molecule has 172 valence electrons. The van der Waals surface area contributed by atoms with Gasteiger partial charge in [0.1, 0.15) is 30.0 Å². The first-order valence-corrected chi connectivity index (χ1v) is 10.8. The van der Waals surface area contributed by atoms with Crippen LogP contribution >= 0.6 is 0 Å². The van der Waals surface area contributed by atoms with Gasteiger partial charge in [-0.15, -0.1) is 0 Å². The summed E-state index contributed by atoms with van der Waals surface area (Å²) in [5.41, 5.74) is 3.01. The second kappa shape index (κ2) is 9.52. The van der Waals surface area contributed by atoms with E-state index < -0.39 is 4.92 Å². The number of benzene rings is 4. The van der Waals surface area contributed by atoms with Crippen LogP contribution in [0.25, 0.3) is 22.1 Å². The van der Waals surface area contributed by atoms with Gasteiger partial charge in [0.2, 0.25) is 11.2 Å². The fraction of sp³-hybridized carbons (Fsp3) is 0.0357. The van der Waals surface area contributed by atoms with Crippen LogP contribution in [0.3, 0.4) is 0 Å². The lowest BCUT2D eigenvalue weighted by Gasteiger charge is -2.09. The summed E-state index contributed by atoms with van der Waals surface area (Å²) in [5.74, 6) is 1.12. The van der Waals surface area contributed by atoms with Crippen molar-refractivity contribution in [2.24, 2.45) is 0 Å². The lowest BCUT2D eigenvalue weighted by atomic mass is 10.1. The van der Waals surface area contributed by atoms with Crippen LogP contribution in [0.2, 0.25) is 0 Å². The lowest BCUT2D eigenvalue weighted by Crippen LogP contribution is -2.05. The summed E-state index contributed by atoms with van der Waals surface area (Å²) in [6.07, 6.45) is 1.29. The molecule has 0 N–H and O–H groups in total. The number of hydrogen-bond donors (Lipinski definition) is 0. The van der Waals surface area contributed by atoms with Crippen molar-refractivity contribution in [1.29, 1.82) is 0 Å². The van der Waals surface area contributed by atoms with E-state index in [1.54, 1.807) is 42.5 Å². The maximum Gasteiger partial charge on any atom is 0.269 e. The molecule has 1 heterocycles. The molecule has 7 nitrogen and oxygen atoms in total. The molecule has 0 aliphatic rings. The highest BCUT2D eigenvalue weighted by atomic mass is 16.6. The third-order valence-corrected chi connectivity index (χ3v) is 5.46. The minimum atomic E-state index is -0.451. The molecule has 5 rings (SSSR count). The van der Waals surface area contributed by atoms with Crippen molar-refractivity contribution >= 4 is 16.7 Å². The van der Waals surface area contributed by atoms with Crippen LogP contribution in [0.4, 0.5) is 5.69 Å². The van der Waals surface area contributed by atoms with E-state index in [4.69, 9.17) is 13.9 Å². The van der Waals surface area contributed by atoms with E-state index >= 15 is 0 Å². The highest BCUT2D eigenvalue weighted by Crippen LogP contribution is 2.27. The van der Waals surface area contributed by atoms with Crippen LogP contribution in [0.15, 0.2) is 113 Å². The normalized spacial score (nSPS) is 10.7. The van der Waals surface area contributed by atoms with Gasteiger partial charge in [-0.05, 0) is 53.1 Å². The summed E-state index contributed by atoms with van der Waals surface area (Å²) in [6.45, 7) is 0.216. The van der Waals surface area contributed by atoms with Gasteiger partial charge in [0.15, 0.2) is 0 Å². The molecule has 4 aromatic carbocycles. The number of non-ortho nitro benzene ring substituents is 1. The number of hydrogen-bond acceptors (Lipinski definition) is 6. The van der Waals surface area contributed by atoms with Crippen molar-refractivity contribution in [3.05, 3.63) is 129 Å². The fourth-order valence-electron chi connectivity index (χ4n) is 3.60. The number of nitro groups is 1. The minimum absolute atomic E-state index is 0.0198. The summed E-state index contributed by atoms with van der Waals surface area (Å²) in [7, 11) is 0. The van der Waals surface area contributed by atoms with Crippen molar-refractivity contribution in [2.45, 2.75) is 6.61 Å². The molecule has 0 saturated heterocycles. The molecule has 0 unspecified atom stereocenters. The van der Waals surface area contributed by atoms with Gasteiger partial charge in [-0.3, -0.25) is 14.9 Å². The molecule has 1 aromatic heterocycles. The number of fused-ring (bicyclic) bond motifs is 1. The molecule has 0 amide bonds. The third-order valence-electron chi connectivity index (χ3n) is 5.46. The Labute approximate surface area is 199 Å². The molecule has 0 spiro atoms. The van der Waals surface area contributed by atoms with Crippen LogP contribution in [0.1, 0.15) is 5.56 Å². The lowest BCUT2D eigenvalue weighted by molar-refractivity contribution is -0.384. The zero-order valence-corrected chi connectivity index (χ0v) is 18.4. The first-order chi connectivity index (χ1) is 17.1. The van der Waals surface area contributed by atoms with Gasteiger partial charge in [0.25, 0.3) is 5.69 Å². The highest BCUT2D eigenvalue weighted by Gasteiger charge is 2.11. The maximum absolute atomic E-state index is 12.9. The summed E-state index contributed by atoms with van der Waals surface area (Å²) in [5, 5.41) is 11.1. The van der Waals surface area contributed by atoms with Gasteiger partial charge in [-0.1, -0.05) is 42.5 Å². The standard InChI is InChI=1S/C28H19NO6/c30-28-25-15-14-24(33-17-19-6-10-22(11-7-19)29(31)32)16-26(25)34-18-27(28)35-23-12-8-21(9-13-23)20-4-2-1-3-5-20/h1-16,18H,17H2. The fourth-order valence-corrected chi connectivity index (χ4v) is 3.60. The van der Waals surface area contributed by atoms with E-state index in [1.807, 2.05) is 42.5 Å². The number of nitro benzene ring substituents is 1. The molecule has 0 atom stereocenters. The van der Waals surface area contributed by atoms with E-state index in [9.17, 15) is 14.9 Å². The zero-order valence-electron chi connectivity index (χ0n) is 18.4. The van der Waals surface area contributed by atoms with E-state index in [-0.39, 0.29) is 23.5 Å². The highest BCUT2D eigenvalue weighted by molar-refractivity contribution is 5.79. The Morgan fingerprint density at radius 3 is 2.20 bits per heavy atom. The molecule has 35 heavy (non-hydrogen) atoms. The number of nitrogens with zero attached hydrogens (tertiary/aromatic N) is 1. The molecule has 0 saturated carbocycles. The second-order valence-corrected chi connectivity index (χ2v) is 7.79. The molecular formula is C28H19NO6. The number of ether oxygens (including phenoxy) is 2. The van der Waals surface area contributed by atoms with Crippen LogP contribution in [0, 0.1) is 10.1 Å². The zero-order chi connectivity index (χ0) is 24.2. The van der Waals surface area contributed by atoms with Crippen molar-refractivity contribution in [3.8, 4) is 28.4 Å². The molecule has 0 radical (unpaired) electrons. The van der Waals surface area contributed by atoms with Gasteiger partial charge in [-0.25, -0.2) is 0 Å². The predicted molar refractivity (Wildman–Crippen MR) is 132 cm³/mol. The summed E-state index contributed by atoms with van der Waals surface area (Å²) >= 11 is 0. The molecule has 0 bridgehead atoms. The third kappa shape index (κ3) is 4.89. The maximum atomic E-state index is 12.9. The van der Waals surface area contributed by atoms with E-state index in [0.717, 1.165) is 16.7 Å². The van der Waals surface area contributed by atoms with Crippen molar-refractivity contribution < 1.29 is 18.8 Å². The van der Waals surface area contributed by atoms with Crippen molar-refractivity contribution in [3.63, 3.8) is 0 Å². The Morgan fingerprint density at radius 2 is 1.49 bits per heavy atom.